The van der Waals surface area contributed by atoms with E-state index in [2.05, 4.69) is 0 Å². The van der Waals surface area contributed by atoms with Crippen LogP contribution in [0.15, 0.2) is 18.2 Å². The Morgan fingerprint density at radius 3 is 2.69 bits per heavy atom. The maximum atomic E-state index is 9.22. The Morgan fingerprint density at radius 1 is 1.38 bits per heavy atom. The van der Waals surface area contributed by atoms with Gasteiger partial charge in [0.25, 0.3) is 0 Å². The molecule has 1 N–H and O–H groups in total. The predicted molar refractivity (Wildman–Crippen MR) is 62.3 cm³/mol. The molecular weight excluding hydrogens is 251 g/mol. The van der Waals surface area contributed by atoms with Crippen molar-refractivity contribution in [3.8, 4) is 5.75 Å². The largest absolute Gasteiger partial charge is 0.491 e. The van der Waals surface area contributed by atoms with Gasteiger partial charge < -0.3 is 14.6 Å². The number of hydrogen-bond acceptors (Lipinski definition) is 3. The van der Waals surface area contributed by atoms with Gasteiger partial charge in [-0.1, -0.05) is 23.2 Å². The smallest absolute Gasteiger partial charge is 0.139 e. The molecule has 16 heavy (non-hydrogen) atoms. The minimum absolute atomic E-state index is 0.0468. The quantitative estimate of drug-likeness (QED) is 0.906. The van der Waals surface area contributed by atoms with E-state index in [0.29, 0.717) is 35.6 Å². The predicted octanol–water partition coefficient (Wildman–Crippen LogP) is 2.38. The highest BCUT2D eigenvalue weighted by Crippen LogP contribution is 2.32. The van der Waals surface area contributed by atoms with Gasteiger partial charge in [-0.15, -0.1) is 0 Å². The number of ether oxygens (including phenoxy) is 2. The molecule has 1 heterocycles. The van der Waals surface area contributed by atoms with Crippen molar-refractivity contribution in [1.29, 1.82) is 0 Å². The molecule has 1 fully saturated rings. The maximum absolute atomic E-state index is 9.22. The third-order valence-corrected chi connectivity index (χ3v) is 3.13. The van der Waals surface area contributed by atoms with E-state index in [1.165, 1.54) is 0 Å². The number of hydrogen-bond donors (Lipinski definition) is 1. The van der Waals surface area contributed by atoms with Gasteiger partial charge in [0.15, 0.2) is 0 Å². The minimum Gasteiger partial charge on any atom is -0.491 e. The summed E-state index contributed by atoms with van der Waals surface area (Å²) in [6.07, 6.45) is 0. The van der Waals surface area contributed by atoms with Crippen molar-refractivity contribution in [1.82, 2.24) is 0 Å². The van der Waals surface area contributed by atoms with Crippen molar-refractivity contribution < 1.29 is 14.6 Å². The van der Waals surface area contributed by atoms with Gasteiger partial charge in [0.1, 0.15) is 12.4 Å². The third-order valence-electron chi connectivity index (χ3n) is 2.58. The van der Waals surface area contributed by atoms with Gasteiger partial charge in [0.05, 0.1) is 30.3 Å². The lowest BCUT2D eigenvalue weighted by atomic mass is 9.88. The summed E-state index contributed by atoms with van der Waals surface area (Å²) in [6.45, 7) is 1.46. The second-order valence-corrected chi connectivity index (χ2v) is 4.86. The molecule has 1 aliphatic rings. The van der Waals surface area contributed by atoms with Crippen LogP contribution in [0.2, 0.25) is 10.0 Å². The zero-order valence-corrected chi connectivity index (χ0v) is 10.1. The molecule has 0 unspecified atom stereocenters. The van der Waals surface area contributed by atoms with Gasteiger partial charge in [-0.2, -0.15) is 0 Å². The van der Waals surface area contributed by atoms with Gasteiger partial charge in [-0.3, -0.25) is 0 Å². The first-order valence-electron chi connectivity index (χ1n) is 4.92. The summed E-state index contributed by atoms with van der Waals surface area (Å²) in [6, 6.07) is 5.04. The monoisotopic (exact) mass is 262 g/mol. The second-order valence-electron chi connectivity index (χ2n) is 4.01. The number of benzene rings is 1. The third kappa shape index (κ3) is 2.43. The van der Waals surface area contributed by atoms with Crippen molar-refractivity contribution in [2.45, 2.75) is 0 Å². The van der Waals surface area contributed by atoms with Crippen LogP contribution in [-0.4, -0.2) is 31.5 Å². The second kappa shape index (κ2) is 4.80. The van der Waals surface area contributed by atoms with Crippen LogP contribution in [0.3, 0.4) is 0 Å². The highest BCUT2D eigenvalue weighted by atomic mass is 35.5. The Kier molecular flexibility index (Phi) is 3.60. The van der Waals surface area contributed by atoms with Crippen molar-refractivity contribution in [2.75, 3.05) is 26.4 Å². The summed E-state index contributed by atoms with van der Waals surface area (Å²) in [5.41, 5.74) is -0.286. The Bertz CT molecular complexity index is 372. The molecule has 0 atom stereocenters. The Labute approximate surface area is 104 Å². The highest BCUT2D eigenvalue weighted by molar-refractivity contribution is 6.34. The van der Waals surface area contributed by atoms with Crippen molar-refractivity contribution in [3.05, 3.63) is 28.2 Å². The Morgan fingerprint density at radius 2 is 2.12 bits per heavy atom. The van der Waals surface area contributed by atoms with Crippen LogP contribution in [0, 0.1) is 5.41 Å². The number of rotatable bonds is 4. The van der Waals surface area contributed by atoms with Gasteiger partial charge in [-0.05, 0) is 12.1 Å². The first-order valence-corrected chi connectivity index (χ1v) is 5.67. The lowest BCUT2D eigenvalue weighted by molar-refractivity contribution is -0.153. The number of aliphatic hydroxyl groups is 1. The molecule has 0 radical (unpaired) electrons. The first-order chi connectivity index (χ1) is 7.65. The van der Waals surface area contributed by atoms with Crippen LogP contribution in [-0.2, 0) is 4.74 Å². The van der Waals surface area contributed by atoms with E-state index in [9.17, 15) is 5.11 Å². The van der Waals surface area contributed by atoms with Crippen LogP contribution in [0.5, 0.6) is 5.75 Å². The molecule has 0 aliphatic carbocycles. The molecule has 1 aromatic carbocycles. The van der Waals surface area contributed by atoms with Crippen molar-refractivity contribution >= 4 is 23.2 Å². The molecule has 0 aromatic heterocycles. The van der Waals surface area contributed by atoms with Gasteiger partial charge in [0, 0.05) is 11.1 Å². The summed E-state index contributed by atoms with van der Waals surface area (Å²) in [5, 5.41) is 10.3. The Hall–Kier alpha value is -0.480. The van der Waals surface area contributed by atoms with Crippen LogP contribution < -0.4 is 4.74 Å². The summed E-state index contributed by atoms with van der Waals surface area (Å²) >= 11 is 11.8. The van der Waals surface area contributed by atoms with Crippen LogP contribution in [0.25, 0.3) is 0 Å². The summed E-state index contributed by atoms with van der Waals surface area (Å²) in [5.74, 6) is 0.536. The fraction of sp³-hybridized carbons (Fsp3) is 0.455. The molecule has 2 rings (SSSR count). The number of aliphatic hydroxyl groups excluding tert-OH is 1. The topological polar surface area (TPSA) is 38.7 Å². The van der Waals surface area contributed by atoms with Crippen molar-refractivity contribution in [2.24, 2.45) is 5.41 Å². The fourth-order valence-electron chi connectivity index (χ4n) is 1.43. The van der Waals surface area contributed by atoms with E-state index in [4.69, 9.17) is 32.7 Å². The van der Waals surface area contributed by atoms with Crippen LogP contribution >= 0.6 is 23.2 Å². The lowest BCUT2D eigenvalue weighted by Crippen LogP contribution is -2.49. The standard InChI is InChI=1S/C11H12Cl2O3/c12-8-1-2-9(13)10(3-8)16-7-11(4-14)5-15-6-11/h1-3,14H,4-7H2. The van der Waals surface area contributed by atoms with E-state index >= 15 is 0 Å². The minimum atomic E-state index is -0.286. The molecule has 0 spiro atoms. The molecule has 0 amide bonds. The van der Waals surface area contributed by atoms with Crippen LogP contribution in [0.4, 0.5) is 0 Å². The van der Waals surface area contributed by atoms with Gasteiger partial charge >= 0.3 is 0 Å². The van der Waals surface area contributed by atoms with E-state index < -0.39 is 0 Å². The van der Waals surface area contributed by atoms with Gasteiger partial charge in [-0.25, -0.2) is 0 Å². The summed E-state index contributed by atoms with van der Waals surface area (Å²) in [7, 11) is 0. The van der Waals surface area contributed by atoms with E-state index in [1.54, 1.807) is 18.2 Å². The van der Waals surface area contributed by atoms with E-state index in [1.807, 2.05) is 0 Å². The average molecular weight is 263 g/mol. The zero-order chi connectivity index (χ0) is 11.6. The molecule has 1 saturated heterocycles. The molecule has 0 saturated carbocycles. The van der Waals surface area contributed by atoms with Crippen LogP contribution in [0.1, 0.15) is 0 Å². The number of halogens is 2. The molecule has 0 bridgehead atoms. The fourth-order valence-corrected chi connectivity index (χ4v) is 1.76. The first kappa shape index (κ1) is 12.0. The summed E-state index contributed by atoms with van der Waals surface area (Å²) in [4.78, 5) is 0. The SMILES string of the molecule is OCC1(COc2cc(Cl)ccc2Cl)COC1. The highest BCUT2D eigenvalue weighted by Gasteiger charge is 2.39. The van der Waals surface area contributed by atoms with E-state index in [0.717, 1.165) is 0 Å². The average Bonchev–Trinajstić information content (AvgIpc) is 2.22. The Balaban J connectivity index is 2.01. The normalized spacial score (nSPS) is 17.9. The lowest BCUT2D eigenvalue weighted by Gasteiger charge is -2.39. The molecule has 1 aromatic rings. The molecule has 1 aliphatic heterocycles. The van der Waals surface area contributed by atoms with Crippen molar-refractivity contribution in [3.63, 3.8) is 0 Å². The van der Waals surface area contributed by atoms with E-state index in [-0.39, 0.29) is 12.0 Å². The molecule has 88 valence electrons. The summed E-state index contributed by atoms with van der Waals surface area (Å²) < 4.78 is 10.6. The van der Waals surface area contributed by atoms with Gasteiger partial charge in [0.2, 0.25) is 0 Å². The molecule has 5 heteroatoms. The molecular formula is C11H12Cl2O3. The molecule has 3 nitrogen and oxygen atoms in total. The maximum Gasteiger partial charge on any atom is 0.139 e. The zero-order valence-electron chi connectivity index (χ0n) is 8.58.